The van der Waals surface area contributed by atoms with Crippen LogP contribution in [0.2, 0.25) is 0 Å². The molecule has 0 radical (unpaired) electrons. The number of hydrogen-bond donors (Lipinski definition) is 0. The Balaban J connectivity index is 2.54. The van der Waals surface area contributed by atoms with Gasteiger partial charge in [0.15, 0.2) is 11.9 Å². The molecule has 0 saturated carbocycles. The lowest BCUT2D eigenvalue weighted by Crippen LogP contribution is -1.87. The monoisotopic (exact) mass is 171 g/mol. The summed E-state index contributed by atoms with van der Waals surface area (Å²) in [5.74, 6) is 5.00. The van der Waals surface area contributed by atoms with Crippen molar-refractivity contribution in [2.24, 2.45) is 0 Å². The van der Waals surface area contributed by atoms with E-state index >= 15 is 0 Å². The second-order valence-corrected chi connectivity index (χ2v) is 2.37. The van der Waals surface area contributed by atoms with E-state index in [1.165, 1.54) is 6.33 Å². The van der Waals surface area contributed by atoms with Crippen LogP contribution in [0.25, 0.3) is 5.65 Å². The Morgan fingerprint density at radius 1 is 1.46 bits per heavy atom. The maximum Gasteiger partial charge on any atom is 0.193 e. The highest BCUT2D eigenvalue weighted by Crippen LogP contribution is 2.00. The van der Waals surface area contributed by atoms with Crippen molar-refractivity contribution >= 4 is 11.9 Å². The van der Waals surface area contributed by atoms with Crippen LogP contribution in [0.4, 0.5) is 0 Å². The lowest BCUT2D eigenvalue weighted by Gasteiger charge is -1.91. The highest BCUT2D eigenvalue weighted by molar-refractivity contribution is 5.73. The Bertz CT molecular complexity index is 504. The molecule has 0 amide bonds. The molecule has 2 rings (SSSR count). The van der Waals surface area contributed by atoms with Gasteiger partial charge in [-0.15, -0.1) is 0 Å². The molecule has 0 aliphatic rings. The third kappa shape index (κ3) is 1.40. The van der Waals surface area contributed by atoms with Crippen LogP contribution >= 0.6 is 0 Å². The Morgan fingerprint density at radius 2 is 2.38 bits per heavy atom. The van der Waals surface area contributed by atoms with E-state index in [2.05, 4.69) is 21.9 Å². The molecule has 0 aliphatic heterocycles. The maximum absolute atomic E-state index is 9.98. The standard InChI is InChI=1S/C9H5N3O/c13-5-1-2-8-3-4-9-10-7-11-12(9)6-8/h3-7H. The van der Waals surface area contributed by atoms with Gasteiger partial charge in [-0.25, -0.2) is 9.50 Å². The van der Waals surface area contributed by atoms with Gasteiger partial charge in [-0.05, 0) is 18.1 Å². The topological polar surface area (TPSA) is 47.3 Å². The molecule has 0 unspecified atom stereocenters. The van der Waals surface area contributed by atoms with E-state index in [0.29, 0.717) is 6.29 Å². The molecule has 0 N–H and O–H groups in total. The summed E-state index contributed by atoms with van der Waals surface area (Å²) in [5.41, 5.74) is 1.50. The van der Waals surface area contributed by atoms with E-state index in [4.69, 9.17) is 0 Å². The predicted molar refractivity (Wildman–Crippen MR) is 45.9 cm³/mol. The molecule has 2 heterocycles. The molecule has 13 heavy (non-hydrogen) atoms. The van der Waals surface area contributed by atoms with Crippen LogP contribution in [-0.2, 0) is 4.79 Å². The minimum atomic E-state index is 0.561. The first kappa shape index (κ1) is 7.50. The SMILES string of the molecule is O=CC#Cc1ccc2ncnn2c1. The number of carbonyl (C=O) groups excluding carboxylic acids is 1. The number of carbonyl (C=O) groups is 1. The van der Waals surface area contributed by atoms with E-state index in [1.807, 2.05) is 0 Å². The van der Waals surface area contributed by atoms with E-state index in [-0.39, 0.29) is 0 Å². The van der Waals surface area contributed by atoms with Crippen LogP contribution in [-0.4, -0.2) is 20.9 Å². The van der Waals surface area contributed by atoms with E-state index in [1.54, 1.807) is 22.8 Å². The molecule has 2 aromatic rings. The summed E-state index contributed by atoms with van der Waals surface area (Å²) in [7, 11) is 0. The first-order valence-corrected chi connectivity index (χ1v) is 3.65. The first-order chi connectivity index (χ1) is 6.40. The third-order valence-electron chi connectivity index (χ3n) is 1.55. The van der Waals surface area contributed by atoms with Crippen molar-refractivity contribution in [1.82, 2.24) is 14.6 Å². The van der Waals surface area contributed by atoms with Crippen molar-refractivity contribution in [3.63, 3.8) is 0 Å². The first-order valence-electron chi connectivity index (χ1n) is 3.65. The maximum atomic E-state index is 9.98. The molecule has 62 valence electrons. The van der Waals surface area contributed by atoms with Crippen molar-refractivity contribution in [1.29, 1.82) is 0 Å². The van der Waals surface area contributed by atoms with Crippen LogP contribution in [0, 0.1) is 11.8 Å². The summed E-state index contributed by atoms with van der Waals surface area (Å²) in [5, 5.41) is 3.94. The van der Waals surface area contributed by atoms with Gasteiger partial charge in [-0.3, -0.25) is 4.79 Å². The van der Waals surface area contributed by atoms with Gasteiger partial charge in [0.05, 0.1) is 0 Å². The zero-order chi connectivity index (χ0) is 9.10. The molecular formula is C9H5N3O. The molecule has 0 aromatic carbocycles. The zero-order valence-electron chi connectivity index (χ0n) is 6.64. The average molecular weight is 171 g/mol. The Hall–Kier alpha value is -2.15. The number of aromatic nitrogens is 3. The Morgan fingerprint density at radius 3 is 3.23 bits per heavy atom. The normalized spacial score (nSPS) is 9.23. The highest BCUT2D eigenvalue weighted by atomic mass is 16.1. The molecule has 0 aliphatic carbocycles. The minimum absolute atomic E-state index is 0.561. The summed E-state index contributed by atoms with van der Waals surface area (Å²) < 4.78 is 1.61. The molecule has 0 fully saturated rings. The highest BCUT2D eigenvalue weighted by Gasteiger charge is 1.93. The number of aldehydes is 1. The quantitative estimate of drug-likeness (QED) is 0.422. The van der Waals surface area contributed by atoms with Gasteiger partial charge >= 0.3 is 0 Å². The molecule has 0 bridgehead atoms. The Labute approximate surface area is 74.2 Å². The number of hydrogen-bond acceptors (Lipinski definition) is 3. The summed E-state index contributed by atoms with van der Waals surface area (Å²) in [6.07, 6.45) is 3.75. The second kappa shape index (κ2) is 3.07. The van der Waals surface area contributed by atoms with Gasteiger partial charge < -0.3 is 0 Å². The smallest absolute Gasteiger partial charge is 0.193 e. The molecular weight excluding hydrogens is 166 g/mol. The summed E-state index contributed by atoms with van der Waals surface area (Å²) in [6.45, 7) is 0. The molecule has 2 aromatic heterocycles. The van der Waals surface area contributed by atoms with Crippen LogP contribution in [0.3, 0.4) is 0 Å². The molecule has 0 saturated heterocycles. The van der Waals surface area contributed by atoms with Gasteiger partial charge in [0, 0.05) is 11.8 Å². The third-order valence-corrected chi connectivity index (χ3v) is 1.55. The van der Waals surface area contributed by atoms with Gasteiger partial charge in [-0.1, -0.05) is 5.92 Å². The van der Waals surface area contributed by atoms with Crippen molar-refractivity contribution in [2.75, 3.05) is 0 Å². The number of fused-ring (bicyclic) bond motifs is 1. The van der Waals surface area contributed by atoms with Crippen LogP contribution in [0.1, 0.15) is 5.56 Å². The minimum Gasteiger partial charge on any atom is -0.289 e. The van der Waals surface area contributed by atoms with Crippen LogP contribution < -0.4 is 0 Å². The lowest BCUT2D eigenvalue weighted by molar-refractivity contribution is -0.103. The van der Waals surface area contributed by atoms with Gasteiger partial charge in [0.1, 0.15) is 6.33 Å². The summed E-state index contributed by atoms with van der Waals surface area (Å²) in [6, 6.07) is 3.59. The number of rotatable bonds is 0. The van der Waals surface area contributed by atoms with Crippen molar-refractivity contribution < 1.29 is 4.79 Å². The van der Waals surface area contributed by atoms with Crippen molar-refractivity contribution in [3.05, 3.63) is 30.2 Å². The van der Waals surface area contributed by atoms with E-state index < -0.39 is 0 Å². The zero-order valence-corrected chi connectivity index (χ0v) is 6.64. The molecule has 0 atom stereocenters. The molecule has 4 nitrogen and oxygen atoms in total. The average Bonchev–Trinajstić information content (AvgIpc) is 2.61. The molecule has 4 heteroatoms. The fourth-order valence-corrected chi connectivity index (χ4v) is 1.00. The largest absolute Gasteiger partial charge is 0.289 e. The summed E-state index contributed by atoms with van der Waals surface area (Å²) in [4.78, 5) is 14.0. The van der Waals surface area contributed by atoms with E-state index in [9.17, 15) is 4.79 Å². The Kier molecular flexibility index (Phi) is 1.77. The number of pyridine rings is 1. The van der Waals surface area contributed by atoms with Crippen molar-refractivity contribution in [2.45, 2.75) is 0 Å². The van der Waals surface area contributed by atoms with Gasteiger partial charge in [-0.2, -0.15) is 5.10 Å². The fraction of sp³-hybridized carbons (Fsp3) is 0. The second-order valence-electron chi connectivity index (χ2n) is 2.37. The molecule has 0 spiro atoms. The predicted octanol–water partition coefficient (Wildman–Crippen LogP) is 0.280. The summed E-state index contributed by atoms with van der Waals surface area (Å²) >= 11 is 0. The lowest BCUT2D eigenvalue weighted by atomic mass is 10.3. The van der Waals surface area contributed by atoms with Crippen LogP contribution in [0.5, 0.6) is 0 Å². The van der Waals surface area contributed by atoms with Crippen LogP contribution in [0.15, 0.2) is 24.7 Å². The van der Waals surface area contributed by atoms with Gasteiger partial charge in [0.25, 0.3) is 0 Å². The van der Waals surface area contributed by atoms with Crippen molar-refractivity contribution in [3.8, 4) is 11.8 Å². The number of nitrogens with zero attached hydrogens (tertiary/aromatic N) is 3. The van der Waals surface area contributed by atoms with E-state index in [0.717, 1.165) is 11.2 Å². The van der Waals surface area contributed by atoms with Gasteiger partial charge in [0.2, 0.25) is 0 Å². The fourth-order valence-electron chi connectivity index (χ4n) is 1.00.